The molecule has 1 aliphatic heterocycles. The molecule has 0 bridgehead atoms. The van der Waals surface area contributed by atoms with Crippen molar-refractivity contribution in [3.8, 4) is 0 Å². The van der Waals surface area contributed by atoms with Gasteiger partial charge in [0.05, 0.1) is 12.1 Å². The number of rotatable bonds is 3. The Balaban J connectivity index is 1.97. The highest BCUT2D eigenvalue weighted by molar-refractivity contribution is 5.35. The first-order valence-corrected chi connectivity index (χ1v) is 4.81. The number of hydrogen-bond donors (Lipinski definition) is 2. The van der Waals surface area contributed by atoms with E-state index in [9.17, 15) is 0 Å². The molecule has 76 valence electrons. The maximum absolute atomic E-state index is 5.34. The quantitative estimate of drug-likeness (QED) is 0.733. The van der Waals surface area contributed by atoms with Crippen LogP contribution >= 0.6 is 0 Å². The lowest BCUT2D eigenvalue weighted by Crippen LogP contribution is -2.33. The van der Waals surface area contributed by atoms with Gasteiger partial charge in [0.15, 0.2) is 0 Å². The lowest BCUT2D eigenvalue weighted by Gasteiger charge is -2.18. The van der Waals surface area contributed by atoms with Crippen LogP contribution in [0.3, 0.4) is 0 Å². The van der Waals surface area contributed by atoms with E-state index in [-0.39, 0.29) is 6.10 Å². The monoisotopic (exact) mass is 193 g/mol. The van der Waals surface area contributed by atoms with Gasteiger partial charge in [0.1, 0.15) is 5.82 Å². The zero-order valence-corrected chi connectivity index (χ0v) is 8.23. The fourth-order valence-corrected chi connectivity index (χ4v) is 1.68. The summed E-state index contributed by atoms with van der Waals surface area (Å²) >= 11 is 0. The average molecular weight is 193 g/mol. The normalized spacial score (nSPS) is 26.4. The molecule has 2 atom stereocenters. The molecule has 2 heterocycles. The molecule has 0 aromatic carbocycles. The second kappa shape index (κ2) is 4.39. The number of anilines is 1. The summed E-state index contributed by atoms with van der Waals surface area (Å²) in [5.41, 5.74) is 0. The fraction of sp³-hybridized carbons (Fsp3) is 0.500. The number of pyridine rings is 1. The molecule has 0 spiro atoms. The van der Waals surface area contributed by atoms with E-state index in [4.69, 9.17) is 4.74 Å². The summed E-state index contributed by atoms with van der Waals surface area (Å²) in [6.07, 6.45) is 2.02. The van der Waals surface area contributed by atoms with Crippen LogP contribution in [0.2, 0.25) is 0 Å². The zero-order chi connectivity index (χ0) is 9.80. The molecule has 4 nitrogen and oxygen atoms in total. The van der Waals surface area contributed by atoms with Gasteiger partial charge in [-0.05, 0) is 12.1 Å². The van der Waals surface area contributed by atoms with Gasteiger partial charge in [-0.15, -0.1) is 0 Å². The minimum atomic E-state index is 0.233. The predicted molar refractivity (Wildman–Crippen MR) is 55.3 cm³/mol. The molecule has 0 amide bonds. The van der Waals surface area contributed by atoms with Crippen molar-refractivity contribution in [2.45, 2.75) is 12.1 Å². The third-order valence-corrected chi connectivity index (χ3v) is 2.46. The van der Waals surface area contributed by atoms with Crippen LogP contribution in [0, 0.1) is 0 Å². The van der Waals surface area contributed by atoms with Crippen molar-refractivity contribution in [3.05, 3.63) is 24.4 Å². The summed E-state index contributed by atoms with van der Waals surface area (Å²) < 4.78 is 5.34. The molecule has 2 N–H and O–H groups in total. The van der Waals surface area contributed by atoms with Gasteiger partial charge < -0.3 is 15.4 Å². The smallest absolute Gasteiger partial charge is 0.126 e. The van der Waals surface area contributed by atoms with Crippen LogP contribution < -0.4 is 10.6 Å². The molecule has 1 saturated heterocycles. The molecule has 1 fully saturated rings. The number of aromatic nitrogens is 1. The Bertz CT molecular complexity index is 278. The highest BCUT2D eigenvalue weighted by Gasteiger charge is 2.26. The molecule has 0 aliphatic carbocycles. The largest absolute Gasteiger partial charge is 0.378 e. The van der Waals surface area contributed by atoms with Crippen LogP contribution in [-0.2, 0) is 4.74 Å². The van der Waals surface area contributed by atoms with Crippen molar-refractivity contribution in [1.29, 1.82) is 0 Å². The topological polar surface area (TPSA) is 46.2 Å². The second-order valence-corrected chi connectivity index (χ2v) is 3.40. The van der Waals surface area contributed by atoms with Crippen LogP contribution in [0.1, 0.15) is 0 Å². The van der Waals surface area contributed by atoms with E-state index in [1.54, 1.807) is 13.3 Å². The lowest BCUT2D eigenvalue weighted by molar-refractivity contribution is 0.111. The Hall–Kier alpha value is -1.13. The van der Waals surface area contributed by atoms with Crippen molar-refractivity contribution in [2.75, 3.05) is 25.5 Å². The average Bonchev–Trinajstić information content (AvgIpc) is 2.67. The molecule has 1 aromatic heterocycles. The van der Waals surface area contributed by atoms with E-state index in [1.165, 1.54) is 0 Å². The molecule has 1 aliphatic rings. The number of nitrogens with one attached hydrogen (secondary N) is 2. The van der Waals surface area contributed by atoms with Crippen molar-refractivity contribution in [3.63, 3.8) is 0 Å². The van der Waals surface area contributed by atoms with Gasteiger partial charge in [0.2, 0.25) is 0 Å². The third kappa shape index (κ3) is 2.02. The number of hydrogen-bond acceptors (Lipinski definition) is 4. The number of nitrogens with zero attached hydrogens (tertiary/aromatic N) is 1. The van der Waals surface area contributed by atoms with Crippen molar-refractivity contribution in [1.82, 2.24) is 10.3 Å². The third-order valence-electron chi connectivity index (χ3n) is 2.46. The van der Waals surface area contributed by atoms with Crippen LogP contribution in [0.5, 0.6) is 0 Å². The highest BCUT2D eigenvalue weighted by Crippen LogP contribution is 2.10. The van der Waals surface area contributed by atoms with Crippen LogP contribution in [0.15, 0.2) is 24.4 Å². The van der Waals surface area contributed by atoms with Crippen LogP contribution in [-0.4, -0.2) is 37.3 Å². The SMILES string of the molecule is CO[C@H]1CNCC1Nc1ccccn1. The summed E-state index contributed by atoms with van der Waals surface area (Å²) in [5.74, 6) is 0.906. The van der Waals surface area contributed by atoms with Crippen molar-refractivity contribution < 1.29 is 4.74 Å². The van der Waals surface area contributed by atoms with Crippen LogP contribution in [0.25, 0.3) is 0 Å². The maximum atomic E-state index is 5.34. The number of ether oxygens (including phenoxy) is 1. The van der Waals surface area contributed by atoms with E-state index in [2.05, 4.69) is 15.6 Å². The van der Waals surface area contributed by atoms with Gasteiger partial charge in [0, 0.05) is 26.4 Å². The van der Waals surface area contributed by atoms with Crippen molar-refractivity contribution in [2.24, 2.45) is 0 Å². The highest BCUT2D eigenvalue weighted by atomic mass is 16.5. The standard InChI is InChI=1S/C10H15N3O/c1-14-9-7-11-6-8(9)13-10-4-2-3-5-12-10/h2-5,8-9,11H,6-7H2,1H3,(H,12,13)/t8?,9-/m0/s1. The Morgan fingerprint density at radius 1 is 1.50 bits per heavy atom. The summed E-state index contributed by atoms with van der Waals surface area (Å²) in [5, 5.41) is 6.62. The second-order valence-electron chi connectivity index (χ2n) is 3.40. The molecule has 4 heteroatoms. The predicted octanol–water partition coefficient (Wildman–Crippen LogP) is 0.480. The summed E-state index contributed by atoms with van der Waals surface area (Å²) in [6, 6.07) is 6.16. The minimum absolute atomic E-state index is 0.233. The summed E-state index contributed by atoms with van der Waals surface area (Å²) in [7, 11) is 1.74. The molecule has 0 saturated carbocycles. The van der Waals surface area contributed by atoms with E-state index in [0.717, 1.165) is 18.9 Å². The van der Waals surface area contributed by atoms with Gasteiger partial charge >= 0.3 is 0 Å². The fourth-order valence-electron chi connectivity index (χ4n) is 1.68. The molecule has 14 heavy (non-hydrogen) atoms. The Labute approximate surface area is 83.7 Å². The Morgan fingerprint density at radius 2 is 2.43 bits per heavy atom. The number of methoxy groups -OCH3 is 1. The van der Waals surface area contributed by atoms with E-state index >= 15 is 0 Å². The molecular weight excluding hydrogens is 178 g/mol. The maximum Gasteiger partial charge on any atom is 0.126 e. The van der Waals surface area contributed by atoms with E-state index in [1.807, 2.05) is 18.2 Å². The minimum Gasteiger partial charge on any atom is -0.378 e. The molecule has 1 aromatic rings. The Morgan fingerprint density at radius 3 is 3.14 bits per heavy atom. The van der Waals surface area contributed by atoms with Gasteiger partial charge in [0.25, 0.3) is 0 Å². The van der Waals surface area contributed by atoms with Gasteiger partial charge in [-0.3, -0.25) is 0 Å². The van der Waals surface area contributed by atoms with Gasteiger partial charge in [-0.1, -0.05) is 6.07 Å². The summed E-state index contributed by atoms with van der Waals surface area (Å²) in [4.78, 5) is 4.22. The first-order valence-electron chi connectivity index (χ1n) is 4.81. The first-order chi connectivity index (χ1) is 6.90. The van der Waals surface area contributed by atoms with Gasteiger partial charge in [-0.2, -0.15) is 0 Å². The van der Waals surface area contributed by atoms with E-state index in [0.29, 0.717) is 6.04 Å². The molecule has 1 unspecified atom stereocenters. The van der Waals surface area contributed by atoms with Gasteiger partial charge in [-0.25, -0.2) is 4.98 Å². The molecular formula is C10H15N3O. The zero-order valence-electron chi connectivity index (χ0n) is 8.23. The van der Waals surface area contributed by atoms with Crippen molar-refractivity contribution >= 4 is 5.82 Å². The first kappa shape index (κ1) is 9.43. The molecule has 2 rings (SSSR count). The molecule has 0 radical (unpaired) electrons. The van der Waals surface area contributed by atoms with E-state index < -0.39 is 0 Å². The summed E-state index contributed by atoms with van der Waals surface area (Å²) in [6.45, 7) is 1.83. The lowest BCUT2D eigenvalue weighted by atomic mass is 10.2. The van der Waals surface area contributed by atoms with Crippen LogP contribution in [0.4, 0.5) is 5.82 Å². The Kier molecular flexibility index (Phi) is 2.96.